The smallest absolute Gasteiger partial charge is 0.282 e. The standard InChI is InChI=1S/C24H19ClN2O2/c1-16-3-11-20(12-4-16)27-23(18-7-13-21(29-2)14-8-18)26-22(24(27)28)15-17-5-9-19(25)10-6-17/h3-15H,1-2H3/b22-15-. The summed E-state index contributed by atoms with van der Waals surface area (Å²) in [7, 11) is 1.62. The number of hydrogen-bond donors (Lipinski definition) is 0. The van der Waals surface area contributed by atoms with Gasteiger partial charge in [0.25, 0.3) is 5.91 Å². The summed E-state index contributed by atoms with van der Waals surface area (Å²) in [4.78, 5) is 19.6. The highest BCUT2D eigenvalue weighted by Gasteiger charge is 2.32. The van der Waals surface area contributed by atoms with Crippen molar-refractivity contribution in [1.82, 2.24) is 0 Å². The first kappa shape index (κ1) is 19.0. The Morgan fingerprint density at radius 2 is 1.59 bits per heavy atom. The molecule has 4 rings (SSSR count). The Labute approximate surface area is 174 Å². The van der Waals surface area contributed by atoms with Gasteiger partial charge in [-0.1, -0.05) is 41.4 Å². The molecule has 5 heteroatoms. The summed E-state index contributed by atoms with van der Waals surface area (Å²) in [5, 5.41) is 0.647. The first-order valence-electron chi connectivity index (χ1n) is 9.16. The van der Waals surface area contributed by atoms with E-state index in [0.29, 0.717) is 16.6 Å². The molecule has 1 amide bonds. The molecule has 0 unspecified atom stereocenters. The van der Waals surface area contributed by atoms with Crippen LogP contribution in [0, 0.1) is 6.92 Å². The molecule has 0 fully saturated rings. The van der Waals surface area contributed by atoms with Crippen LogP contribution in [0.3, 0.4) is 0 Å². The van der Waals surface area contributed by atoms with E-state index in [2.05, 4.69) is 4.99 Å². The largest absolute Gasteiger partial charge is 0.497 e. The number of carbonyl (C=O) groups is 1. The predicted molar refractivity (Wildman–Crippen MR) is 118 cm³/mol. The van der Waals surface area contributed by atoms with Crippen LogP contribution in [0.5, 0.6) is 5.75 Å². The van der Waals surface area contributed by atoms with Crippen LogP contribution in [-0.4, -0.2) is 18.9 Å². The zero-order chi connectivity index (χ0) is 20.4. The van der Waals surface area contributed by atoms with Crippen molar-refractivity contribution in [3.05, 3.63) is 100 Å². The molecule has 4 nitrogen and oxygen atoms in total. The van der Waals surface area contributed by atoms with Gasteiger partial charge in [0.1, 0.15) is 17.3 Å². The Hall–Kier alpha value is -3.37. The maximum Gasteiger partial charge on any atom is 0.282 e. The molecule has 1 heterocycles. The van der Waals surface area contributed by atoms with Gasteiger partial charge in [0.2, 0.25) is 0 Å². The number of methoxy groups -OCH3 is 1. The summed E-state index contributed by atoms with van der Waals surface area (Å²) in [5.74, 6) is 1.16. The molecular formula is C24H19ClN2O2. The minimum Gasteiger partial charge on any atom is -0.497 e. The van der Waals surface area contributed by atoms with Gasteiger partial charge in [-0.3, -0.25) is 9.69 Å². The number of nitrogens with zero attached hydrogens (tertiary/aromatic N) is 2. The summed E-state index contributed by atoms with van der Waals surface area (Å²) in [5.41, 5.74) is 3.97. The van der Waals surface area contributed by atoms with Crippen molar-refractivity contribution >= 4 is 35.1 Å². The number of halogens is 1. The second kappa shape index (κ2) is 7.94. The van der Waals surface area contributed by atoms with Crippen molar-refractivity contribution in [2.24, 2.45) is 4.99 Å². The molecule has 1 aliphatic rings. The highest BCUT2D eigenvalue weighted by Crippen LogP contribution is 2.29. The van der Waals surface area contributed by atoms with Gasteiger partial charge in [-0.05, 0) is 67.1 Å². The number of rotatable bonds is 4. The SMILES string of the molecule is COc1ccc(C2=N/C(=C\c3ccc(Cl)cc3)C(=O)N2c2ccc(C)cc2)cc1. The third-order valence-electron chi connectivity index (χ3n) is 4.67. The fourth-order valence-corrected chi connectivity index (χ4v) is 3.23. The average Bonchev–Trinajstić information content (AvgIpc) is 3.06. The monoisotopic (exact) mass is 402 g/mol. The summed E-state index contributed by atoms with van der Waals surface area (Å²) >= 11 is 5.97. The molecule has 0 spiro atoms. The summed E-state index contributed by atoms with van der Waals surface area (Å²) < 4.78 is 5.24. The van der Waals surface area contributed by atoms with Crippen LogP contribution in [-0.2, 0) is 4.79 Å². The third kappa shape index (κ3) is 3.93. The fourth-order valence-electron chi connectivity index (χ4n) is 3.10. The molecule has 1 aliphatic heterocycles. The van der Waals surface area contributed by atoms with Crippen molar-refractivity contribution in [2.45, 2.75) is 6.92 Å². The predicted octanol–water partition coefficient (Wildman–Crippen LogP) is 5.49. The van der Waals surface area contributed by atoms with Gasteiger partial charge in [0.15, 0.2) is 0 Å². The van der Waals surface area contributed by atoms with E-state index in [4.69, 9.17) is 16.3 Å². The maximum absolute atomic E-state index is 13.3. The van der Waals surface area contributed by atoms with Crippen LogP contribution in [0.15, 0.2) is 83.5 Å². The van der Waals surface area contributed by atoms with E-state index in [0.717, 1.165) is 28.1 Å². The van der Waals surface area contributed by atoms with Gasteiger partial charge in [-0.15, -0.1) is 0 Å². The highest BCUT2D eigenvalue weighted by molar-refractivity contribution is 6.33. The van der Waals surface area contributed by atoms with Crippen molar-refractivity contribution in [3.63, 3.8) is 0 Å². The van der Waals surface area contributed by atoms with Crippen LogP contribution in [0.1, 0.15) is 16.7 Å². The number of aliphatic imine (C=N–C) groups is 1. The van der Waals surface area contributed by atoms with Gasteiger partial charge in [0, 0.05) is 10.6 Å². The molecule has 0 atom stereocenters. The molecule has 0 radical (unpaired) electrons. The van der Waals surface area contributed by atoms with E-state index in [9.17, 15) is 4.79 Å². The zero-order valence-electron chi connectivity index (χ0n) is 16.1. The van der Waals surface area contributed by atoms with E-state index in [1.165, 1.54) is 0 Å². The van der Waals surface area contributed by atoms with E-state index in [-0.39, 0.29) is 5.91 Å². The molecular weight excluding hydrogens is 384 g/mol. The Morgan fingerprint density at radius 1 is 0.931 bits per heavy atom. The molecule has 29 heavy (non-hydrogen) atoms. The first-order valence-corrected chi connectivity index (χ1v) is 9.54. The number of amidine groups is 1. The average molecular weight is 403 g/mol. The summed E-state index contributed by atoms with van der Waals surface area (Å²) in [6.45, 7) is 2.01. The van der Waals surface area contributed by atoms with Gasteiger partial charge in [-0.2, -0.15) is 0 Å². The van der Waals surface area contributed by atoms with Gasteiger partial charge < -0.3 is 4.74 Å². The molecule has 0 aromatic heterocycles. The van der Waals surface area contributed by atoms with Crippen molar-refractivity contribution < 1.29 is 9.53 Å². The fraction of sp³-hybridized carbons (Fsp3) is 0.0833. The molecule has 0 N–H and O–H groups in total. The van der Waals surface area contributed by atoms with Crippen LogP contribution in [0.2, 0.25) is 5.02 Å². The van der Waals surface area contributed by atoms with E-state index in [1.807, 2.05) is 67.6 Å². The first-order chi connectivity index (χ1) is 14.0. The second-order valence-corrected chi connectivity index (χ2v) is 7.16. The molecule has 144 valence electrons. The lowest BCUT2D eigenvalue weighted by Crippen LogP contribution is -2.32. The Morgan fingerprint density at radius 3 is 2.21 bits per heavy atom. The zero-order valence-corrected chi connectivity index (χ0v) is 16.9. The van der Waals surface area contributed by atoms with Crippen LogP contribution >= 0.6 is 11.6 Å². The van der Waals surface area contributed by atoms with Crippen molar-refractivity contribution in [3.8, 4) is 5.75 Å². The highest BCUT2D eigenvalue weighted by atomic mass is 35.5. The lowest BCUT2D eigenvalue weighted by atomic mass is 10.1. The lowest BCUT2D eigenvalue weighted by molar-refractivity contribution is -0.113. The van der Waals surface area contributed by atoms with Gasteiger partial charge >= 0.3 is 0 Å². The van der Waals surface area contributed by atoms with Crippen molar-refractivity contribution in [2.75, 3.05) is 12.0 Å². The number of carbonyl (C=O) groups excluding carboxylic acids is 1. The topological polar surface area (TPSA) is 41.9 Å². The number of aryl methyl sites for hydroxylation is 1. The van der Waals surface area contributed by atoms with Gasteiger partial charge in [-0.25, -0.2) is 4.99 Å². The van der Waals surface area contributed by atoms with E-state index < -0.39 is 0 Å². The Balaban J connectivity index is 1.79. The van der Waals surface area contributed by atoms with Crippen LogP contribution in [0.4, 0.5) is 5.69 Å². The third-order valence-corrected chi connectivity index (χ3v) is 4.93. The van der Waals surface area contributed by atoms with Crippen molar-refractivity contribution in [1.29, 1.82) is 0 Å². The normalized spacial score (nSPS) is 15.0. The van der Waals surface area contributed by atoms with E-state index in [1.54, 1.807) is 30.2 Å². The Bertz CT molecular complexity index is 1100. The summed E-state index contributed by atoms with van der Waals surface area (Å²) in [6, 6.07) is 22.6. The molecule has 0 aliphatic carbocycles. The molecule has 3 aromatic carbocycles. The van der Waals surface area contributed by atoms with E-state index >= 15 is 0 Å². The van der Waals surface area contributed by atoms with Crippen LogP contribution in [0.25, 0.3) is 6.08 Å². The minimum atomic E-state index is -0.172. The number of benzene rings is 3. The number of ether oxygens (including phenoxy) is 1. The molecule has 0 bridgehead atoms. The Kier molecular flexibility index (Phi) is 5.19. The summed E-state index contributed by atoms with van der Waals surface area (Å²) in [6.07, 6.45) is 1.77. The lowest BCUT2D eigenvalue weighted by Gasteiger charge is -2.19. The second-order valence-electron chi connectivity index (χ2n) is 6.72. The maximum atomic E-state index is 13.3. The molecule has 0 saturated carbocycles. The number of amides is 1. The molecule has 3 aromatic rings. The number of anilines is 1. The van der Waals surface area contributed by atoms with Crippen LogP contribution < -0.4 is 9.64 Å². The quantitative estimate of drug-likeness (QED) is 0.541. The minimum absolute atomic E-state index is 0.172. The molecule has 0 saturated heterocycles. The van der Waals surface area contributed by atoms with Gasteiger partial charge in [0.05, 0.1) is 12.8 Å². The number of hydrogen-bond acceptors (Lipinski definition) is 3.